The van der Waals surface area contributed by atoms with E-state index in [1.165, 1.54) is 16.2 Å². The number of amides is 2. The highest BCUT2D eigenvalue weighted by molar-refractivity contribution is 7.80. The summed E-state index contributed by atoms with van der Waals surface area (Å²) in [5.41, 5.74) is 8.04. The van der Waals surface area contributed by atoms with Crippen LogP contribution in [0.4, 0.5) is 5.00 Å². The molecule has 4 N–H and O–H groups in total. The summed E-state index contributed by atoms with van der Waals surface area (Å²) in [5.74, 6) is -0.0746. The average molecular weight is 388 g/mol. The Morgan fingerprint density at radius 2 is 2.04 bits per heavy atom. The first-order valence-electron chi connectivity index (χ1n) is 8.53. The van der Waals surface area contributed by atoms with Crippen molar-refractivity contribution >= 4 is 45.5 Å². The first-order chi connectivity index (χ1) is 12.4. The third kappa shape index (κ3) is 4.28. The second-order valence-electron chi connectivity index (χ2n) is 6.58. The van der Waals surface area contributed by atoms with Crippen molar-refractivity contribution in [2.45, 2.75) is 32.6 Å². The number of carbonyl (C=O) groups excluding carboxylic acids is 2. The van der Waals surface area contributed by atoms with E-state index >= 15 is 0 Å². The van der Waals surface area contributed by atoms with Crippen molar-refractivity contribution in [1.29, 1.82) is 0 Å². The van der Waals surface area contributed by atoms with E-state index in [1.807, 2.05) is 30.3 Å². The molecule has 0 radical (unpaired) electrons. The van der Waals surface area contributed by atoms with Crippen LogP contribution in [0, 0.1) is 5.92 Å². The van der Waals surface area contributed by atoms with Crippen molar-refractivity contribution in [2.24, 2.45) is 11.7 Å². The Balaban J connectivity index is 1.69. The van der Waals surface area contributed by atoms with E-state index in [2.05, 4.69) is 17.6 Å². The predicted molar refractivity (Wildman–Crippen MR) is 109 cm³/mol. The van der Waals surface area contributed by atoms with Gasteiger partial charge in [-0.3, -0.25) is 9.59 Å². The zero-order chi connectivity index (χ0) is 18.7. The molecule has 0 saturated carbocycles. The van der Waals surface area contributed by atoms with Gasteiger partial charge in [0.2, 0.25) is 5.91 Å². The molecule has 0 spiro atoms. The van der Waals surface area contributed by atoms with Crippen LogP contribution >= 0.6 is 23.6 Å². The van der Waals surface area contributed by atoms with E-state index in [-0.39, 0.29) is 17.4 Å². The normalized spacial score (nSPS) is 15.8. The van der Waals surface area contributed by atoms with E-state index in [0.717, 1.165) is 30.4 Å². The van der Waals surface area contributed by atoms with Crippen LogP contribution in [0.25, 0.3) is 0 Å². The van der Waals surface area contributed by atoms with Crippen LogP contribution in [0.5, 0.6) is 0 Å². The van der Waals surface area contributed by atoms with Gasteiger partial charge in [0.05, 0.1) is 12.0 Å². The molecule has 0 aliphatic heterocycles. The highest BCUT2D eigenvalue weighted by Gasteiger charge is 2.26. The fourth-order valence-corrected chi connectivity index (χ4v) is 4.89. The monoisotopic (exact) mass is 387 g/mol. The molecule has 7 heteroatoms. The zero-order valence-electron chi connectivity index (χ0n) is 14.5. The number of carbonyl (C=O) groups is 2. The summed E-state index contributed by atoms with van der Waals surface area (Å²) in [7, 11) is 0. The van der Waals surface area contributed by atoms with E-state index in [4.69, 9.17) is 18.0 Å². The van der Waals surface area contributed by atoms with Gasteiger partial charge in [-0.15, -0.1) is 11.3 Å². The van der Waals surface area contributed by atoms with Gasteiger partial charge in [0.1, 0.15) is 5.00 Å². The summed E-state index contributed by atoms with van der Waals surface area (Å²) in [6.07, 6.45) is 3.07. The molecule has 1 aliphatic carbocycles. The molecule has 1 aromatic carbocycles. The summed E-state index contributed by atoms with van der Waals surface area (Å²) in [6.45, 7) is 2.20. The third-order valence-electron chi connectivity index (χ3n) is 4.45. The van der Waals surface area contributed by atoms with Gasteiger partial charge in [0.25, 0.3) is 5.91 Å². The lowest BCUT2D eigenvalue weighted by Crippen LogP contribution is -2.35. The van der Waals surface area contributed by atoms with Crippen LogP contribution in [0.3, 0.4) is 0 Å². The lowest BCUT2D eigenvalue weighted by atomic mass is 9.88. The van der Waals surface area contributed by atoms with E-state index in [1.54, 1.807) is 0 Å². The number of fused-ring (bicyclic) bond motifs is 1. The summed E-state index contributed by atoms with van der Waals surface area (Å²) in [6, 6.07) is 9.44. The van der Waals surface area contributed by atoms with Crippen molar-refractivity contribution < 1.29 is 9.59 Å². The van der Waals surface area contributed by atoms with Gasteiger partial charge in [-0.1, -0.05) is 37.3 Å². The average Bonchev–Trinajstić information content (AvgIpc) is 2.92. The van der Waals surface area contributed by atoms with Crippen molar-refractivity contribution in [1.82, 2.24) is 5.32 Å². The number of thiophene rings is 1. The first-order valence-corrected chi connectivity index (χ1v) is 9.75. The summed E-state index contributed by atoms with van der Waals surface area (Å²) in [4.78, 5) is 25.3. The van der Waals surface area contributed by atoms with Crippen molar-refractivity contribution in [2.75, 3.05) is 5.32 Å². The highest BCUT2D eigenvalue weighted by Crippen LogP contribution is 2.39. The Labute approximate surface area is 162 Å². The van der Waals surface area contributed by atoms with Gasteiger partial charge >= 0.3 is 0 Å². The summed E-state index contributed by atoms with van der Waals surface area (Å²) in [5, 5.41) is 6.47. The number of benzene rings is 1. The Bertz CT molecular complexity index is 846. The van der Waals surface area contributed by atoms with E-state index in [9.17, 15) is 9.59 Å². The number of primary amides is 1. The minimum absolute atomic E-state index is 0.181. The summed E-state index contributed by atoms with van der Waals surface area (Å²) < 4.78 is 0. The van der Waals surface area contributed by atoms with E-state index in [0.29, 0.717) is 16.5 Å². The van der Waals surface area contributed by atoms with Crippen LogP contribution in [0.15, 0.2) is 30.3 Å². The first kappa shape index (κ1) is 18.5. The van der Waals surface area contributed by atoms with Crippen LogP contribution in [-0.2, 0) is 24.1 Å². The van der Waals surface area contributed by atoms with Gasteiger partial charge < -0.3 is 16.4 Å². The number of rotatable bonds is 4. The maximum Gasteiger partial charge on any atom is 0.251 e. The summed E-state index contributed by atoms with van der Waals surface area (Å²) >= 11 is 6.75. The van der Waals surface area contributed by atoms with E-state index < -0.39 is 5.91 Å². The molecule has 1 unspecified atom stereocenters. The maximum atomic E-state index is 12.1. The Hall–Kier alpha value is -2.25. The molecule has 2 aromatic rings. The van der Waals surface area contributed by atoms with Crippen molar-refractivity contribution in [3.8, 4) is 0 Å². The van der Waals surface area contributed by atoms with Gasteiger partial charge in [-0.05, 0) is 48.5 Å². The fourth-order valence-electron chi connectivity index (χ4n) is 3.19. The topological polar surface area (TPSA) is 84.2 Å². The molecule has 26 heavy (non-hydrogen) atoms. The number of thiocarbonyl (C=S) groups is 1. The Kier molecular flexibility index (Phi) is 5.68. The van der Waals surface area contributed by atoms with Crippen molar-refractivity contribution in [3.05, 3.63) is 51.9 Å². The van der Waals surface area contributed by atoms with Crippen LogP contribution in [-0.4, -0.2) is 16.9 Å². The highest BCUT2D eigenvalue weighted by atomic mass is 32.1. The predicted octanol–water partition coefficient (Wildman–Crippen LogP) is 3.03. The lowest BCUT2D eigenvalue weighted by molar-refractivity contribution is -0.119. The van der Waals surface area contributed by atoms with Crippen LogP contribution in [0.1, 0.15) is 39.7 Å². The Morgan fingerprint density at radius 3 is 2.73 bits per heavy atom. The lowest BCUT2D eigenvalue weighted by Gasteiger charge is -2.18. The molecule has 1 atom stereocenters. The maximum absolute atomic E-state index is 12.1. The molecule has 0 fully saturated rings. The van der Waals surface area contributed by atoms with Crippen molar-refractivity contribution in [3.63, 3.8) is 0 Å². The third-order valence-corrected chi connectivity index (χ3v) is 5.82. The second kappa shape index (κ2) is 7.97. The van der Waals surface area contributed by atoms with Gasteiger partial charge in [-0.25, -0.2) is 0 Å². The molecule has 1 heterocycles. The number of anilines is 1. The molecular formula is C19H21N3O2S2. The smallest absolute Gasteiger partial charge is 0.251 e. The minimum atomic E-state index is -0.460. The molecular weight excluding hydrogens is 366 g/mol. The van der Waals surface area contributed by atoms with Gasteiger partial charge in [0, 0.05) is 4.88 Å². The standard InChI is InChI=1S/C19H21N3O2S2/c1-11-7-8-13-14(9-11)26-18(16(13)17(20)24)22-19(25)21-15(23)10-12-5-3-2-4-6-12/h2-6,11H,7-10H2,1H3,(H2,20,24)(H2,21,22,23,25). The number of hydrogen-bond donors (Lipinski definition) is 3. The van der Waals surface area contributed by atoms with Gasteiger partial charge in [-0.2, -0.15) is 0 Å². The zero-order valence-corrected chi connectivity index (χ0v) is 16.1. The molecule has 3 rings (SSSR count). The molecule has 1 aliphatic rings. The van der Waals surface area contributed by atoms with Gasteiger partial charge in [0.15, 0.2) is 5.11 Å². The molecule has 5 nitrogen and oxygen atoms in total. The quantitative estimate of drug-likeness (QED) is 0.704. The largest absolute Gasteiger partial charge is 0.365 e. The fraction of sp³-hybridized carbons (Fsp3) is 0.316. The van der Waals surface area contributed by atoms with Crippen LogP contribution in [0.2, 0.25) is 0 Å². The molecule has 136 valence electrons. The second-order valence-corrected chi connectivity index (χ2v) is 8.10. The van der Waals surface area contributed by atoms with Crippen LogP contribution < -0.4 is 16.4 Å². The molecule has 1 aromatic heterocycles. The minimum Gasteiger partial charge on any atom is -0.365 e. The number of hydrogen-bond acceptors (Lipinski definition) is 4. The molecule has 0 saturated heterocycles. The SMILES string of the molecule is CC1CCc2c(sc(NC(=S)NC(=O)Cc3ccccc3)c2C(N)=O)C1. The molecule has 2 amide bonds. The number of nitrogens with one attached hydrogen (secondary N) is 2. The number of nitrogens with two attached hydrogens (primary N) is 1. The molecule has 0 bridgehead atoms. The Morgan fingerprint density at radius 1 is 1.31 bits per heavy atom.